The maximum Gasteiger partial charge on any atom is 0.314 e. The number of ether oxygens (including phenoxy) is 2. The molecule has 36 heavy (non-hydrogen) atoms. The Bertz CT molecular complexity index is 979. The molecular formula is C33H44O3. The Morgan fingerprint density at radius 3 is 2.14 bits per heavy atom. The summed E-state index contributed by atoms with van der Waals surface area (Å²) in [6.45, 7) is 7.29. The summed E-state index contributed by atoms with van der Waals surface area (Å²) in [4.78, 5) is 12.7. The number of carbonyl (C=O) groups excluding carboxylic acids is 1. The highest BCUT2D eigenvalue weighted by molar-refractivity contribution is 5.76. The molecule has 0 radical (unpaired) electrons. The Balaban J connectivity index is 1.41. The Morgan fingerprint density at radius 1 is 0.889 bits per heavy atom. The van der Waals surface area contributed by atoms with Crippen LogP contribution in [0.15, 0.2) is 71.8 Å². The smallest absolute Gasteiger partial charge is 0.314 e. The van der Waals surface area contributed by atoms with Gasteiger partial charge in [0.25, 0.3) is 0 Å². The van der Waals surface area contributed by atoms with Gasteiger partial charge in [-0.2, -0.15) is 0 Å². The fraction of sp³-hybridized carbons (Fsp3) is 0.485. The van der Waals surface area contributed by atoms with Gasteiger partial charge in [-0.15, -0.1) is 0 Å². The first kappa shape index (κ1) is 27.8. The SMILES string of the molecule is CCCCCCCCOc1ccc(-c2ccc(OC(=O)C3CC=C(CCC=C(C)C)CC3)cc2)cc1. The van der Waals surface area contributed by atoms with Gasteiger partial charge in [0.2, 0.25) is 0 Å². The summed E-state index contributed by atoms with van der Waals surface area (Å²) in [5, 5.41) is 0. The Kier molecular flexibility index (Phi) is 11.8. The number of allylic oxidation sites excluding steroid dienone is 4. The average Bonchev–Trinajstić information content (AvgIpc) is 2.89. The molecule has 1 aliphatic rings. The van der Waals surface area contributed by atoms with Gasteiger partial charge in [-0.1, -0.05) is 86.6 Å². The van der Waals surface area contributed by atoms with E-state index in [1.54, 1.807) is 0 Å². The van der Waals surface area contributed by atoms with Crippen LogP contribution in [0.3, 0.4) is 0 Å². The fourth-order valence-electron chi connectivity index (χ4n) is 4.61. The second-order valence-corrected chi connectivity index (χ2v) is 10.2. The highest BCUT2D eigenvalue weighted by Crippen LogP contribution is 2.29. The zero-order valence-corrected chi connectivity index (χ0v) is 22.6. The minimum Gasteiger partial charge on any atom is -0.494 e. The quantitative estimate of drug-likeness (QED) is 0.115. The van der Waals surface area contributed by atoms with Crippen molar-refractivity contribution < 1.29 is 14.3 Å². The van der Waals surface area contributed by atoms with Crippen LogP contribution in [0, 0.1) is 5.92 Å². The normalized spacial score (nSPS) is 15.2. The van der Waals surface area contributed by atoms with Crippen molar-refractivity contribution in [2.24, 2.45) is 5.92 Å². The molecule has 0 N–H and O–H groups in total. The predicted octanol–water partition coefficient (Wildman–Crippen LogP) is 9.47. The fourth-order valence-corrected chi connectivity index (χ4v) is 4.61. The molecule has 3 heteroatoms. The van der Waals surface area contributed by atoms with E-state index in [9.17, 15) is 4.79 Å². The molecule has 0 aliphatic heterocycles. The van der Waals surface area contributed by atoms with E-state index in [1.165, 1.54) is 43.3 Å². The van der Waals surface area contributed by atoms with E-state index in [2.05, 4.69) is 45.1 Å². The van der Waals surface area contributed by atoms with Gasteiger partial charge in [-0.25, -0.2) is 0 Å². The number of unbranched alkanes of at least 4 members (excludes halogenated alkanes) is 5. The van der Waals surface area contributed by atoms with E-state index in [0.717, 1.165) is 62.0 Å². The van der Waals surface area contributed by atoms with Gasteiger partial charge in [-0.05, 0) is 87.8 Å². The number of hydrogen-bond acceptors (Lipinski definition) is 3. The predicted molar refractivity (Wildman–Crippen MR) is 150 cm³/mol. The van der Waals surface area contributed by atoms with Crippen LogP contribution in [0.4, 0.5) is 0 Å². The van der Waals surface area contributed by atoms with E-state index in [0.29, 0.717) is 5.75 Å². The topological polar surface area (TPSA) is 35.5 Å². The van der Waals surface area contributed by atoms with Crippen LogP contribution >= 0.6 is 0 Å². The van der Waals surface area contributed by atoms with Crippen molar-refractivity contribution in [1.29, 1.82) is 0 Å². The van der Waals surface area contributed by atoms with Gasteiger partial charge in [0.15, 0.2) is 0 Å². The van der Waals surface area contributed by atoms with Gasteiger partial charge < -0.3 is 9.47 Å². The third-order valence-corrected chi connectivity index (χ3v) is 6.88. The largest absolute Gasteiger partial charge is 0.494 e. The second kappa shape index (κ2) is 15.3. The van der Waals surface area contributed by atoms with Crippen LogP contribution in [0.5, 0.6) is 11.5 Å². The highest BCUT2D eigenvalue weighted by Gasteiger charge is 2.23. The Hall–Kier alpha value is -2.81. The maximum absolute atomic E-state index is 12.7. The Labute approximate surface area is 218 Å². The zero-order valence-electron chi connectivity index (χ0n) is 22.6. The van der Waals surface area contributed by atoms with Crippen LogP contribution in [0.2, 0.25) is 0 Å². The number of rotatable bonds is 14. The molecule has 1 aliphatic carbocycles. The van der Waals surface area contributed by atoms with Gasteiger partial charge in [0, 0.05) is 0 Å². The van der Waals surface area contributed by atoms with Crippen molar-refractivity contribution in [3.63, 3.8) is 0 Å². The van der Waals surface area contributed by atoms with Gasteiger partial charge >= 0.3 is 5.97 Å². The summed E-state index contributed by atoms with van der Waals surface area (Å²) in [7, 11) is 0. The average molecular weight is 489 g/mol. The van der Waals surface area contributed by atoms with Crippen molar-refractivity contribution in [1.82, 2.24) is 0 Å². The molecule has 3 nitrogen and oxygen atoms in total. The molecule has 3 rings (SSSR count). The molecule has 2 aromatic rings. The first-order valence-corrected chi connectivity index (χ1v) is 13.9. The van der Waals surface area contributed by atoms with Crippen molar-refractivity contribution in [3.8, 4) is 22.6 Å². The number of benzene rings is 2. The van der Waals surface area contributed by atoms with E-state index in [1.807, 2.05) is 36.4 Å². The van der Waals surface area contributed by atoms with E-state index in [4.69, 9.17) is 9.47 Å². The molecule has 1 unspecified atom stereocenters. The highest BCUT2D eigenvalue weighted by atomic mass is 16.5. The molecule has 0 amide bonds. The first-order valence-electron chi connectivity index (χ1n) is 13.9. The molecule has 0 saturated carbocycles. The first-order chi connectivity index (χ1) is 17.5. The molecule has 1 atom stereocenters. The summed E-state index contributed by atoms with van der Waals surface area (Å²) in [5.74, 6) is 1.37. The van der Waals surface area contributed by atoms with E-state index in [-0.39, 0.29) is 11.9 Å². The van der Waals surface area contributed by atoms with Crippen LogP contribution < -0.4 is 9.47 Å². The van der Waals surface area contributed by atoms with Crippen molar-refractivity contribution in [2.75, 3.05) is 6.61 Å². The molecule has 0 fully saturated rings. The second-order valence-electron chi connectivity index (χ2n) is 10.2. The van der Waals surface area contributed by atoms with E-state index >= 15 is 0 Å². The lowest BCUT2D eigenvalue weighted by molar-refractivity contribution is -0.139. The number of esters is 1. The lowest BCUT2D eigenvalue weighted by Gasteiger charge is -2.20. The lowest BCUT2D eigenvalue weighted by Crippen LogP contribution is -2.22. The molecular weight excluding hydrogens is 444 g/mol. The van der Waals surface area contributed by atoms with Crippen LogP contribution in [0.1, 0.15) is 91.4 Å². The summed E-state index contributed by atoms with van der Waals surface area (Å²) >= 11 is 0. The minimum atomic E-state index is -0.116. The molecule has 2 aromatic carbocycles. The van der Waals surface area contributed by atoms with Crippen molar-refractivity contribution in [3.05, 3.63) is 71.8 Å². The summed E-state index contributed by atoms with van der Waals surface area (Å²) < 4.78 is 11.6. The minimum absolute atomic E-state index is 0.0410. The molecule has 0 saturated heterocycles. The Morgan fingerprint density at radius 2 is 1.53 bits per heavy atom. The van der Waals surface area contributed by atoms with Crippen molar-refractivity contribution in [2.45, 2.75) is 91.4 Å². The zero-order chi connectivity index (χ0) is 25.6. The van der Waals surface area contributed by atoms with Gasteiger partial charge in [-0.3, -0.25) is 4.79 Å². The maximum atomic E-state index is 12.7. The number of hydrogen-bond donors (Lipinski definition) is 0. The van der Waals surface area contributed by atoms with Gasteiger partial charge in [0.05, 0.1) is 12.5 Å². The van der Waals surface area contributed by atoms with Gasteiger partial charge in [0.1, 0.15) is 11.5 Å². The van der Waals surface area contributed by atoms with Crippen LogP contribution in [-0.2, 0) is 4.79 Å². The van der Waals surface area contributed by atoms with Crippen molar-refractivity contribution >= 4 is 5.97 Å². The van der Waals surface area contributed by atoms with Crippen LogP contribution in [0.25, 0.3) is 11.1 Å². The van der Waals surface area contributed by atoms with Crippen LogP contribution in [-0.4, -0.2) is 12.6 Å². The third-order valence-electron chi connectivity index (χ3n) is 6.88. The molecule has 0 heterocycles. The molecule has 0 bridgehead atoms. The van der Waals surface area contributed by atoms with E-state index < -0.39 is 0 Å². The third kappa shape index (κ3) is 9.68. The summed E-state index contributed by atoms with van der Waals surface area (Å²) in [6, 6.07) is 16.0. The number of carbonyl (C=O) groups is 1. The lowest BCUT2D eigenvalue weighted by atomic mass is 9.88. The monoisotopic (exact) mass is 488 g/mol. The molecule has 0 aromatic heterocycles. The molecule has 0 spiro atoms. The summed E-state index contributed by atoms with van der Waals surface area (Å²) in [5.41, 5.74) is 5.06. The summed E-state index contributed by atoms with van der Waals surface area (Å²) in [6.07, 6.45) is 17.0. The standard InChI is InChI=1S/C33H44O3/c1-4-5-6-7-8-9-25-35-31-21-17-28(18-22-31)29-19-23-32(24-20-29)36-33(34)30-15-13-27(14-16-30)12-10-11-26(2)3/h11,13,17-24,30H,4-10,12,14-16,25H2,1-3H3. The molecule has 194 valence electrons.